The number of nitrogens with one attached hydrogen (secondary N) is 1. The molecule has 1 heterocycles. The summed E-state index contributed by atoms with van der Waals surface area (Å²) in [5, 5.41) is 3.14. The second-order valence-electron chi connectivity index (χ2n) is 5.30. The van der Waals surface area contributed by atoms with E-state index >= 15 is 0 Å². The van der Waals surface area contributed by atoms with Gasteiger partial charge < -0.3 is 14.8 Å². The smallest absolute Gasteiger partial charge is 0.177 e. The minimum atomic E-state index is -0.718. The predicted octanol–water partition coefficient (Wildman–Crippen LogP) is 2.81. The fraction of sp³-hybridized carbons (Fsp3) is 0.222. The van der Waals surface area contributed by atoms with Crippen LogP contribution < -0.4 is 14.8 Å². The highest BCUT2D eigenvalue weighted by molar-refractivity contribution is 6.19. The third-order valence-electron chi connectivity index (χ3n) is 4.00. The molecule has 1 aliphatic heterocycles. The number of hydrogen-bond donors (Lipinski definition) is 1. The monoisotopic (exact) mass is 311 g/mol. The molecule has 0 aromatic heterocycles. The van der Waals surface area contributed by atoms with Crippen molar-refractivity contribution < 1.29 is 19.1 Å². The van der Waals surface area contributed by atoms with Crippen molar-refractivity contribution in [1.29, 1.82) is 0 Å². The number of fused-ring (bicyclic) bond motifs is 1. The normalized spacial score (nSPS) is 16.3. The van der Waals surface area contributed by atoms with Gasteiger partial charge in [-0.05, 0) is 36.4 Å². The Balaban J connectivity index is 1.86. The van der Waals surface area contributed by atoms with E-state index in [0.29, 0.717) is 28.3 Å². The minimum Gasteiger partial charge on any atom is -0.497 e. The Kier molecular flexibility index (Phi) is 4.02. The minimum absolute atomic E-state index is 0.165. The first-order chi connectivity index (χ1) is 11.1. The molecule has 3 rings (SSSR count). The summed E-state index contributed by atoms with van der Waals surface area (Å²) in [6.45, 7) is 0.282. The molecule has 0 radical (unpaired) electrons. The first-order valence-electron chi connectivity index (χ1n) is 7.28. The van der Waals surface area contributed by atoms with E-state index in [9.17, 15) is 9.59 Å². The lowest BCUT2D eigenvalue weighted by atomic mass is 9.86. The van der Waals surface area contributed by atoms with Crippen LogP contribution in [0, 0.1) is 5.92 Å². The largest absolute Gasteiger partial charge is 0.497 e. The van der Waals surface area contributed by atoms with E-state index in [1.807, 2.05) is 0 Å². The lowest BCUT2D eigenvalue weighted by molar-refractivity contribution is 0.0812. The maximum atomic E-state index is 12.6. The van der Waals surface area contributed by atoms with Crippen LogP contribution in [0.1, 0.15) is 20.7 Å². The van der Waals surface area contributed by atoms with E-state index in [0.717, 1.165) is 0 Å². The molecular formula is C18H17NO4. The first kappa shape index (κ1) is 15.1. The number of Topliss-reactive ketones (excluding diaryl/α,β-unsaturated/α-hetero) is 2. The molecule has 1 aliphatic rings. The average Bonchev–Trinajstić information content (AvgIpc) is 2.61. The molecule has 5 nitrogen and oxygen atoms in total. The van der Waals surface area contributed by atoms with Crippen LogP contribution in [-0.4, -0.2) is 32.3 Å². The van der Waals surface area contributed by atoms with E-state index in [1.54, 1.807) is 56.7 Å². The Labute approximate surface area is 134 Å². The van der Waals surface area contributed by atoms with Crippen LogP contribution in [-0.2, 0) is 0 Å². The van der Waals surface area contributed by atoms with Crippen LogP contribution in [0.25, 0.3) is 0 Å². The van der Waals surface area contributed by atoms with Gasteiger partial charge in [-0.1, -0.05) is 0 Å². The predicted molar refractivity (Wildman–Crippen MR) is 86.6 cm³/mol. The topological polar surface area (TPSA) is 64.6 Å². The Morgan fingerprint density at radius 3 is 2.35 bits per heavy atom. The number of ether oxygens (including phenoxy) is 2. The summed E-state index contributed by atoms with van der Waals surface area (Å²) >= 11 is 0. The van der Waals surface area contributed by atoms with E-state index in [-0.39, 0.29) is 18.1 Å². The quantitative estimate of drug-likeness (QED) is 0.695. The molecule has 1 atom stereocenters. The molecule has 0 aliphatic carbocycles. The number of carbonyl (C=O) groups is 2. The zero-order valence-corrected chi connectivity index (χ0v) is 13.0. The van der Waals surface area contributed by atoms with Gasteiger partial charge in [0.1, 0.15) is 17.4 Å². The van der Waals surface area contributed by atoms with Gasteiger partial charge in [0.2, 0.25) is 0 Å². The fourth-order valence-corrected chi connectivity index (χ4v) is 2.67. The molecule has 5 heteroatoms. The fourth-order valence-electron chi connectivity index (χ4n) is 2.67. The van der Waals surface area contributed by atoms with Crippen molar-refractivity contribution in [2.24, 2.45) is 5.92 Å². The van der Waals surface area contributed by atoms with Gasteiger partial charge in [0, 0.05) is 29.4 Å². The van der Waals surface area contributed by atoms with Crippen molar-refractivity contribution in [3.63, 3.8) is 0 Å². The van der Waals surface area contributed by atoms with Crippen LogP contribution in [0.5, 0.6) is 11.5 Å². The van der Waals surface area contributed by atoms with Gasteiger partial charge in [-0.3, -0.25) is 9.59 Å². The summed E-state index contributed by atoms with van der Waals surface area (Å²) in [5.74, 6) is 0.272. The van der Waals surface area contributed by atoms with Crippen molar-refractivity contribution in [2.75, 3.05) is 26.1 Å². The molecule has 2 aromatic rings. The SMILES string of the molecule is COc1ccc(C(=O)C2CNc3cc(OC)ccc3C2=O)cc1. The molecule has 2 aromatic carbocycles. The lowest BCUT2D eigenvalue weighted by Gasteiger charge is -2.24. The molecular weight excluding hydrogens is 294 g/mol. The van der Waals surface area contributed by atoms with Gasteiger partial charge in [0.25, 0.3) is 0 Å². The Bertz CT molecular complexity index is 752. The maximum Gasteiger partial charge on any atom is 0.177 e. The van der Waals surface area contributed by atoms with E-state index in [2.05, 4.69) is 5.32 Å². The molecule has 0 saturated carbocycles. The van der Waals surface area contributed by atoms with Crippen molar-refractivity contribution in [3.8, 4) is 11.5 Å². The van der Waals surface area contributed by atoms with Crippen molar-refractivity contribution >= 4 is 17.3 Å². The van der Waals surface area contributed by atoms with Gasteiger partial charge in [-0.25, -0.2) is 0 Å². The van der Waals surface area contributed by atoms with Gasteiger partial charge in [0.15, 0.2) is 11.6 Å². The molecule has 0 fully saturated rings. The Morgan fingerprint density at radius 2 is 1.70 bits per heavy atom. The second-order valence-corrected chi connectivity index (χ2v) is 5.30. The molecule has 118 valence electrons. The van der Waals surface area contributed by atoms with Crippen LogP contribution in [0.2, 0.25) is 0 Å². The van der Waals surface area contributed by atoms with Crippen LogP contribution in [0.15, 0.2) is 42.5 Å². The Hall–Kier alpha value is -2.82. The summed E-state index contributed by atoms with van der Waals surface area (Å²) in [6, 6.07) is 12.0. The van der Waals surface area contributed by atoms with E-state index in [1.165, 1.54) is 0 Å². The van der Waals surface area contributed by atoms with E-state index in [4.69, 9.17) is 9.47 Å². The average molecular weight is 311 g/mol. The van der Waals surface area contributed by atoms with Gasteiger partial charge in [-0.15, -0.1) is 0 Å². The van der Waals surface area contributed by atoms with Crippen molar-refractivity contribution in [2.45, 2.75) is 0 Å². The molecule has 1 N–H and O–H groups in total. The number of benzene rings is 2. The summed E-state index contributed by atoms with van der Waals surface area (Å²) < 4.78 is 10.2. The lowest BCUT2D eigenvalue weighted by Crippen LogP contribution is -2.35. The first-order valence-corrected chi connectivity index (χ1v) is 7.28. The molecule has 0 saturated heterocycles. The molecule has 0 bridgehead atoms. The van der Waals surface area contributed by atoms with Gasteiger partial charge in [0.05, 0.1) is 14.2 Å². The molecule has 23 heavy (non-hydrogen) atoms. The summed E-state index contributed by atoms with van der Waals surface area (Å²) in [5.41, 5.74) is 1.72. The van der Waals surface area contributed by atoms with Crippen LogP contribution in [0.3, 0.4) is 0 Å². The van der Waals surface area contributed by atoms with Crippen molar-refractivity contribution in [1.82, 2.24) is 0 Å². The van der Waals surface area contributed by atoms with Crippen molar-refractivity contribution in [3.05, 3.63) is 53.6 Å². The standard InChI is InChI=1S/C18H17NO4/c1-22-12-5-3-11(4-6-12)17(20)15-10-19-16-9-13(23-2)7-8-14(16)18(15)21/h3-9,15,19H,10H2,1-2H3. The third-order valence-corrected chi connectivity index (χ3v) is 4.00. The molecule has 1 unspecified atom stereocenters. The number of methoxy groups -OCH3 is 2. The summed E-state index contributed by atoms with van der Waals surface area (Å²) in [4.78, 5) is 25.2. The highest BCUT2D eigenvalue weighted by Gasteiger charge is 2.33. The highest BCUT2D eigenvalue weighted by atomic mass is 16.5. The van der Waals surface area contributed by atoms with Crippen LogP contribution in [0.4, 0.5) is 5.69 Å². The number of ketones is 2. The highest BCUT2D eigenvalue weighted by Crippen LogP contribution is 2.30. The van der Waals surface area contributed by atoms with Gasteiger partial charge in [-0.2, -0.15) is 0 Å². The Morgan fingerprint density at radius 1 is 1.04 bits per heavy atom. The number of hydrogen-bond acceptors (Lipinski definition) is 5. The number of carbonyl (C=O) groups excluding carboxylic acids is 2. The third kappa shape index (κ3) is 2.77. The van der Waals surface area contributed by atoms with Gasteiger partial charge >= 0.3 is 0 Å². The van der Waals surface area contributed by atoms with E-state index < -0.39 is 5.92 Å². The summed E-state index contributed by atoms with van der Waals surface area (Å²) in [6.07, 6.45) is 0. The summed E-state index contributed by atoms with van der Waals surface area (Å²) in [7, 11) is 3.14. The second kappa shape index (κ2) is 6.12. The zero-order chi connectivity index (χ0) is 16.4. The van der Waals surface area contributed by atoms with Crippen LogP contribution >= 0.6 is 0 Å². The molecule has 0 spiro atoms. The zero-order valence-electron chi connectivity index (χ0n) is 13.0. The number of anilines is 1. The maximum absolute atomic E-state index is 12.6. The number of rotatable bonds is 4. The molecule has 0 amide bonds.